The molecule has 0 aliphatic heterocycles. The molecule has 0 radical (unpaired) electrons. The average Bonchev–Trinajstić information content (AvgIpc) is 3.10. The molecule has 0 saturated carbocycles. The van der Waals surface area contributed by atoms with Gasteiger partial charge in [-0.2, -0.15) is 5.10 Å². The number of aryl methyl sites for hydroxylation is 1. The summed E-state index contributed by atoms with van der Waals surface area (Å²) in [5, 5.41) is 7.97. The van der Waals surface area contributed by atoms with Gasteiger partial charge in [-0.25, -0.2) is 5.43 Å². The van der Waals surface area contributed by atoms with E-state index in [-0.39, 0.29) is 0 Å². The minimum absolute atomic E-state index is 0.300. The van der Waals surface area contributed by atoms with Crippen LogP contribution in [0.1, 0.15) is 28.6 Å². The van der Waals surface area contributed by atoms with Gasteiger partial charge in [-0.15, -0.1) is 0 Å². The number of ether oxygens (including phenoxy) is 2. The van der Waals surface area contributed by atoms with Gasteiger partial charge in [0.25, 0.3) is 5.91 Å². The van der Waals surface area contributed by atoms with E-state index >= 15 is 0 Å². The predicted molar refractivity (Wildman–Crippen MR) is 106 cm³/mol. The van der Waals surface area contributed by atoms with Gasteiger partial charge in [0, 0.05) is 12.5 Å². The Hall–Kier alpha value is -3.94. The zero-order chi connectivity index (χ0) is 20.8. The van der Waals surface area contributed by atoms with Crippen LogP contribution in [0, 0.1) is 6.92 Å². The Morgan fingerprint density at radius 1 is 1.14 bits per heavy atom. The highest BCUT2D eigenvalue weighted by atomic mass is 16.6. The number of hydrogen-bond donors (Lipinski definition) is 1. The highest BCUT2D eigenvalue weighted by Gasteiger charge is 2.21. The van der Waals surface area contributed by atoms with Crippen molar-refractivity contribution in [2.45, 2.75) is 13.8 Å². The molecule has 8 nitrogen and oxygen atoms in total. The lowest BCUT2D eigenvalue weighted by Crippen LogP contribution is -2.18. The van der Waals surface area contributed by atoms with E-state index in [2.05, 4.69) is 15.7 Å². The fraction of sp³-hybridized carbons (Fsp3) is 0.143. The van der Waals surface area contributed by atoms with Gasteiger partial charge in [0.1, 0.15) is 17.0 Å². The van der Waals surface area contributed by atoms with Crippen molar-refractivity contribution in [3.05, 3.63) is 65.4 Å². The lowest BCUT2D eigenvalue weighted by Gasteiger charge is -2.08. The summed E-state index contributed by atoms with van der Waals surface area (Å²) in [6.07, 6.45) is 1.45. The molecule has 1 N–H and O–H groups in total. The summed E-state index contributed by atoms with van der Waals surface area (Å²) < 4.78 is 15.5. The van der Waals surface area contributed by atoms with E-state index in [1.807, 2.05) is 30.3 Å². The molecule has 0 bridgehead atoms. The number of benzene rings is 2. The van der Waals surface area contributed by atoms with Crippen molar-refractivity contribution >= 4 is 18.1 Å². The summed E-state index contributed by atoms with van der Waals surface area (Å²) in [6.45, 7) is 2.97. The molecular weight excluding hydrogens is 374 g/mol. The number of aromatic nitrogens is 1. The second kappa shape index (κ2) is 8.83. The molecule has 1 heterocycles. The summed E-state index contributed by atoms with van der Waals surface area (Å²) in [4.78, 5) is 23.7. The molecule has 8 heteroatoms. The van der Waals surface area contributed by atoms with E-state index in [0.717, 1.165) is 5.56 Å². The Kier molecular flexibility index (Phi) is 6.03. The first kappa shape index (κ1) is 19.8. The van der Waals surface area contributed by atoms with Crippen LogP contribution < -0.4 is 14.9 Å². The summed E-state index contributed by atoms with van der Waals surface area (Å²) >= 11 is 0. The van der Waals surface area contributed by atoms with Crippen molar-refractivity contribution in [3.8, 4) is 22.8 Å². The summed E-state index contributed by atoms with van der Waals surface area (Å²) in [5.74, 6) is 0.173. The highest BCUT2D eigenvalue weighted by molar-refractivity contribution is 6.01. The fourth-order valence-corrected chi connectivity index (χ4v) is 2.66. The van der Waals surface area contributed by atoms with Crippen LogP contribution in [0.15, 0.2) is 58.2 Å². The molecule has 2 aromatic carbocycles. The highest BCUT2D eigenvalue weighted by Crippen LogP contribution is 2.28. The van der Waals surface area contributed by atoms with E-state index < -0.39 is 11.9 Å². The lowest BCUT2D eigenvalue weighted by atomic mass is 10.1. The van der Waals surface area contributed by atoms with Crippen molar-refractivity contribution in [1.82, 2.24) is 10.6 Å². The molecule has 148 valence electrons. The molecule has 29 heavy (non-hydrogen) atoms. The maximum absolute atomic E-state index is 12.6. The Labute approximate surface area is 167 Å². The third kappa shape index (κ3) is 4.67. The smallest absolute Gasteiger partial charge is 0.308 e. The maximum atomic E-state index is 12.6. The van der Waals surface area contributed by atoms with E-state index in [4.69, 9.17) is 14.0 Å². The number of carbonyl (C=O) groups excluding carboxylic acids is 2. The second-order valence-electron chi connectivity index (χ2n) is 6.03. The molecule has 3 aromatic rings. The first-order chi connectivity index (χ1) is 14.0. The van der Waals surface area contributed by atoms with E-state index in [1.54, 1.807) is 25.1 Å². The molecule has 3 rings (SSSR count). The number of hydrogen-bond acceptors (Lipinski definition) is 7. The van der Waals surface area contributed by atoms with E-state index in [9.17, 15) is 9.59 Å². The molecule has 0 unspecified atom stereocenters. The van der Waals surface area contributed by atoms with Gasteiger partial charge in [0.05, 0.1) is 13.3 Å². The Bertz CT molecular complexity index is 1060. The number of amides is 1. The van der Waals surface area contributed by atoms with Crippen LogP contribution in [0.3, 0.4) is 0 Å². The number of carbonyl (C=O) groups is 2. The molecule has 0 saturated heterocycles. The minimum Gasteiger partial charge on any atom is -0.493 e. The van der Waals surface area contributed by atoms with Crippen LogP contribution in [-0.2, 0) is 4.79 Å². The molecule has 0 fully saturated rings. The number of hydrazone groups is 1. The molecule has 1 aromatic heterocycles. The lowest BCUT2D eigenvalue weighted by molar-refractivity contribution is -0.132. The van der Waals surface area contributed by atoms with Crippen LogP contribution in [0.5, 0.6) is 11.5 Å². The van der Waals surface area contributed by atoms with Crippen LogP contribution in [0.4, 0.5) is 0 Å². The Morgan fingerprint density at radius 2 is 1.90 bits per heavy atom. The van der Waals surface area contributed by atoms with Gasteiger partial charge >= 0.3 is 5.97 Å². The quantitative estimate of drug-likeness (QED) is 0.298. The topological polar surface area (TPSA) is 103 Å². The second-order valence-corrected chi connectivity index (χ2v) is 6.03. The predicted octanol–water partition coefficient (Wildman–Crippen LogP) is 3.35. The third-order valence-corrected chi connectivity index (χ3v) is 3.96. The average molecular weight is 393 g/mol. The van der Waals surface area contributed by atoms with E-state index in [0.29, 0.717) is 34.1 Å². The number of methoxy groups -OCH3 is 1. The van der Waals surface area contributed by atoms with Gasteiger partial charge in [0.15, 0.2) is 11.5 Å². The van der Waals surface area contributed by atoms with E-state index in [1.165, 1.54) is 20.2 Å². The van der Waals surface area contributed by atoms with Crippen molar-refractivity contribution in [3.63, 3.8) is 0 Å². The van der Waals surface area contributed by atoms with Crippen LogP contribution >= 0.6 is 0 Å². The zero-order valence-electron chi connectivity index (χ0n) is 16.1. The van der Waals surface area contributed by atoms with Crippen molar-refractivity contribution in [1.29, 1.82) is 0 Å². The van der Waals surface area contributed by atoms with Crippen LogP contribution in [-0.4, -0.2) is 30.4 Å². The van der Waals surface area contributed by atoms with Gasteiger partial charge in [-0.05, 0) is 30.7 Å². The number of rotatable bonds is 6. The minimum atomic E-state index is -0.449. The normalized spacial score (nSPS) is 10.7. The van der Waals surface area contributed by atoms with Crippen LogP contribution in [0.2, 0.25) is 0 Å². The van der Waals surface area contributed by atoms with Gasteiger partial charge < -0.3 is 14.0 Å². The summed E-state index contributed by atoms with van der Waals surface area (Å²) in [5.41, 5.74) is 4.65. The van der Waals surface area contributed by atoms with Crippen molar-refractivity contribution in [2.24, 2.45) is 5.10 Å². The van der Waals surface area contributed by atoms with Gasteiger partial charge in [-0.1, -0.05) is 35.5 Å². The van der Waals surface area contributed by atoms with Crippen LogP contribution in [0.25, 0.3) is 11.3 Å². The third-order valence-electron chi connectivity index (χ3n) is 3.96. The number of nitrogens with zero attached hydrogens (tertiary/aromatic N) is 2. The molecule has 0 aliphatic carbocycles. The molecule has 0 atom stereocenters. The first-order valence-electron chi connectivity index (χ1n) is 8.71. The Balaban J connectivity index is 1.76. The molecule has 0 aliphatic rings. The molecule has 1 amide bonds. The van der Waals surface area contributed by atoms with Crippen molar-refractivity contribution < 1.29 is 23.6 Å². The zero-order valence-corrected chi connectivity index (χ0v) is 16.1. The fourth-order valence-electron chi connectivity index (χ4n) is 2.66. The monoisotopic (exact) mass is 393 g/mol. The number of esters is 1. The Morgan fingerprint density at radius 3 is 2.59 bits per heavy atom. The van der Waals surface area contributed by atoms with Gasteiger partial charge in [0.2, 0.25) is 0 Å². The number of nitrogens with one attached hydrogen (secondary N) is 1. The summed E-state index contributed by atoms with van der Waals surface area (Å²) in [7, 11) is 1.46. The standard InChI is InChI=1S/C21H19N3O5/c1-13-19(20(24-29-13)16-7-5-4-6-8-16)21(26)23-22-12-15-9-10-17(28-14(2)25)18(11-15)27-3/h4-12H,1-3H3,(H,23,26). The first-order valence-corrected chi connectivity index (χ1v) is 8.71. The maximum Gasteiger partial charge on any atom is 0.308 e. The SMILES string of the molecule is COc1cc(C=NNC(=O)c2c(-c3ccccc3)noc2C)ccc1OC(C)=O. The largest absolute Gasteiger partial charge is 0.493 e. The van der Waals surface area contributed by atoms with Crippen molar-refractivity contribution in [2.75, 3.05) is 7.11 Å². The molecule has 0 spiro atoms. The van der Waals surface area contributed by atoms with Gasteiger partial charge in [-0.3, -0.25) is 9.59 Å². The molecular formula is C21H19N3O5. The summed E-state index contributed by atoms with van der Waals surface area (Å²) in [6, 6.07) is 14.2.